The van der Waals surface area contributed by atoms with E-state index >= 15 is 0 Å². The number of rotatable bonds is 4. The molecule has 0 spiro atoms. The highest BCUT2D eigenvalue weighted by Crippen LogP contribution is 2.31. The van der Waals surface area contributed by atoms with Crippen molar-refractivity contribution in [1.29, 1.82) is 0 Å². The molecule has 122 valence electrons. The summed E-state index contributed by atoms with van der Waals surface area (Å²) in [6.07, 6.45) is 0.940. The maximum atomic E-state index is 12.4. The van der Waals surface area contributed by atoms with Crippen LogP contribution in [-0.4, -0.2) is 55.7 Å². The van der Waals surface area contributed by atoms with Crippen molar-refractivity contribution in [1.82, 2.24) is 15.1 Å². The molecule has 0 saturated carbocycles. The lowest BCUT2D eigenvalue weighted by atomic mass is 10.0. The van der Waals surface area contributed by atoms with Gasteiger partial charge in [0.1, 0.15) is 5.75 Å². The smallest absolute Gasteiger partial charge is 0.317 e. The number of methoxy groups -OCH3 is 1. The summed E-state index contributed by atoms with van der Waals surface area (Å²) in [6.45, 7) is 6.40. The molecule has 1 fully saturated rings. The van der Waals surface area contributed by atoms with Crippen LogP contribution in [0.25, 0.3) is 0 Å². The van der Waals surface area contributed by atoms with Crippen molar-refractivity contribution in [3.05, 3.63) is 29.8 Å². The van der Waals surface area contributed by atoms with Crippen LogP contribution in [0.3, 0.4) is 0 Å². The number of hydrogen-bond donors (Lipinski definition) is 1. The normalized spacial score (nSPS) is 20.5. The fourth-order valence-corrected chi connectivity index (χ4v) is 2.74. The molecule has 2 atom stereocenters. The Morgan fingerprint density at radius 3 is 2.82 bits per heavy atom. The number of likely N-dealkylation sites (N-methyl/N-ethyl adjacent to an activating group) is 1. The molecule has 1 aliphatic rings. The summed E-state index contributed by atoms with van der Waals surface area (Å²) in [5.74, 6) is 0.878. The van der Waals surface area contributed by atoms with Crippen LogP contribution in [0.1, 0.15) is 31.9 Å². The number of carbonyl (C=O) groups excluding carboxylic acids is 1. The zero-order valence-electron chi connectivity index (χ0n) is 14.0. The van der Waals surface area contributed by atoms with E-state index in [2.05, 4.69) is 30.3 Å². The van der Waals surface area contributed by atoms with Gasteiger partial charge in [-0.3, -0.25) is 4.90 Å². The van der Waals surface area contributed by atoms with E-state index in [-0.39, 0.29) is 18.1 Å². The van der Waals surface area contributed by atoms with E-state index in [0.29, 0.717) is 6.54 Å². The Hall–Kier alpha value is -1.75. The minimum atomic E-state index is 0.0300. The molecule has 1 N–H and O–H groups in total. The van der Waals surface area contributed by atoms with Gasteiger partial charge in [0.2, 0.25) is 0 Å². The van der Waals surface area contributed by atoms with Crippen LogP contribution in [-0.2, 0) is 0 Å². The molecular formula is C17H27N3O2. The predicted molar refractivity (Wildman–Crippen MR) is 88.2 cm³/mol. The molecule has 0 radical (unpaired) electrons. The average Bonchev–Trinajstić information content (AvgIpc) is 2.55. The quantitative estimate of drug-likeness (QED) is 0.929. The van der Waals surface area contributed by atoms with Crippen LogP contribution in [0.2, 0.25) is 0 Å². The molecule has 2 unspecified atom stereocenters. The summed E-state index contributed by atoms with van der Waals surface area (Å²) in [4.78, 5) is 16.6. The molecule has 0 aliphatic carbocycles. The molecule has 2 rings (SSSR count). The number of nitrogens with one attached hydrogen (secondary N) is 1. The maximum absolute atomic E-state index is 12.4. The Morgan fingerprint density at radius 1 is 1.41 bits per heavy atom. The molecule has 1 heterocycles. The molecule has 1 aliphatic heterocycles. The van der Waals surface area contributed by atoms with Crippen LogP contribution in [0.4, 0.5) is 4.79 Å². The van der Waals surface area contributed by atoms with Crippen LogP contribution in [0, 0.1) is 0 Å². The average molecular weight is 305 g/mol. The first kappa shape index (κ1) is 16.6. The summed E-state index contributed by atoms with van der Waals surface area (Å²) in [5.41, 5.74) is 1.13. The number of carbonyl (C=O) groups is 1. The number of ether oxygens (including phenoxy) is 1. The summed E-state index contributed by atoms with van der Waals surface area (Å²) >= 11 is 0. The van der Waals surface area contributed by atoms with Gasteiger partial charge in [-0.05, 0) is 26.5 Å². The lowest BCUT2D eigenvalue weighted by Gasteiger charge is -2.40. The van der Waals surface area contributed by atoms with Gasteiger partial charge in [-0.1, -0.05) is 25.1 Å². The molecule has 1 aromatic rings. The standard InChI is InChI=1S/C17H27N3O2/c1-5-13(2)18-17(21)20-11-10-19(3)15(12-20)14-8-6-7-9-16(14)22-4/h6-9,13,15H,5,10-12H2,1-4H3,(H,18,21). The highest BCUT2D eigenvalue weighted by Gasteiger charge is 2.30. The van der Waals surface area contributed by atoms with Gasteiger partial charge in [0.25, 0.3) is 0 Å². The molecule has 5 nitrogen and oxygen atoms in total. The monoisotopic (exact) mass is 305 g/mol. The summed E-state index contributed by atoms with van der Waals surface area (Å²) in [5, 5.41) is 3.05. The van der Waals surface area contributed by atoms with E-state index < -0.39 is 0 Å². The molecular weight excluding hydrogens is 278 g/mol. The predicted octanol–water partition coefficient (Wildman–Crippen LogP) is 2.49. The lowest BCUT2D eigenvalue weighted by Crippen LogP contribution is -2.53. The minimum Gasteiger partial charge on any atom is -0.496 e. The van der Waals surface area contributed by atoms with Crippen molar-refractivity contribution in [3.63, 3.8) is 0 Å². The molecule has 1 aromatic carbocycles. The first-order valence-electron chi connectivity index (χ1n) is 7.95. The summed E-state index contributed by atoms with van der Waals surface area (Å²) in [7, 11) is 3.79. The second kappa shape index (κ2) is 7.49. The Kier molecular flexibility index (Phi) is 5.66. The highest BCUT2D eigenvalue weighted by atomic mass is 16.5. The first-order chi connectivity index (χ1) is 10.6. The van der Waals surface area contributed by atoms with E-state index in [1.54, 1.807) is 7.11 Å². The van der Waals surface area contributed by atoms with Gasteiger partial charge >= 0.3 is 6.03 Å². The number of para-hydroxylation sites is 1. The van der Waals surface area contributed by atoms with Crippen molar-refractivity contribution >= 4 is 6.03 Å². The van der Waals surface area contributed by atoms with Gasteiger partial charge in [0.15, 0.2) is 0 Å². The van der Waals surface area contributed by atoms with Gasteiger partial charge in [-0.25, -0.2) is 4.79 Å². The highest BCUT2D eigenvalue weighted by molar-refractivity contribution is 5.74. The van der Waals surface area contributed by atoms with E-state index in [1.165, 1.54) is 0 Å². The number of amides is 2. The van der Waals surface area contributed by atoms with Crippen LogP contribution >= 0.6 is 0 Å². The van der Waals surface area contributed by atoms with Crippen LogP contribution in [0.15, 0.2) is 24.3 Å². The zero-order valence-corrected chi connectivity index (χ0v) is 14.0. The SMILES string of the molecule is CCC(C)NC(=O)N1CCN(C)C(c2ccccc2OC)C1. The third-order valence-electron chi connectivity index (χ3n) is 4.42. The maximum Gasteiger partial charge on any atom is 0.317 e. The summed E-state index contributed by atoms with van der Waals surface area (Å²) < 4.78 is 5.48. The molecule has 0 aromatic heterocycles. The Bertz CT molecular complexity index is 506. The van der Waals surface area contributed by atoms with Gasteiger partial charge < -0.3 is 15.0 Å². The third kappa shape index (κ3) is 3.71. The fraction of sp³-hybridized carbons (Fsp3) is 0.588. The van der Waals surface area contributed by atoms with Crippen molar-refractivity contribution in [2.45, 2.75) is 32.4 Å². The largest absolute Gasteiger partial charge is 0.496 e. The molecule has 5 heteroatoms. The topological polar surface area (TPSA) is 44.8 Å². The lowest BCUT2D eigenvalue weighted by molar-refractivity contribution is 0.107. The van der Waals surface area contributed by atoms with Crippen LogP contribution < -0.4 is 10.1 Å². The van der Waals surface area contributed by atoms with Gasteiger partial charge in [-0.2, -0.15) is 0 Å². The van der Waals surface area contributed by atoms with E-state index in [9.17, 15) is 4.79 Å². The number of piperazine rings is 1. The van der Waals surface area contributed by atoms with Gasteiger partial charge in [0.05, 0.1) is 13.2 Å². The van der Waals surface area contributed by atoms with Gasteiger partial charge in [0, 0.05) is 31.2 Å². The van der Waals surface area contributed by atoms with Crippen molar-refractivity contribution in [3.8, 4) is 5.75 Å². The Labute approximate surface area is 133 Å². The Balaban J connectivity index is 2.13. The number of nitrogens with zero attached hydrogens (tertiary/aromatic N) is 2. The molecule has 0 bridgehead atoms. The number of hydrogen-bond acceptors (Lipinski definition) is 3. The molecule has 22 heavy (non-hydrogen) atoms. The van der Waals surface area contributed by atoms with Gasteiger partial charge in [-0.15, -0.1) is 0 Å². The first-order valence-corrected chi connectivity index (χ1v) is 7.95. The second-order valence-electron chi connectivity index (χ2n) is 5.94. The van der Waals surface area contributed by atoms with Crippen molar-refractivity contribution in [2.75, 3.05) is 33.8 Å². The summed E-state index contributed by atoms with van der Waals surface area (Å²) in [6, 6.07) is 8.44. The third-order valence-corrected chi connectivity index (χ3v) is 4.42. The minimum absolute atomic E-state index is 0.0300. The van der Waals surface area contributed by atoms with Crippen molar-refractivity contribution in [2.24, 2.45) is 0 Å². The van der Waals surface area contributed by atoms with E-state index in [1.807, 2.05) is 30.0 Å². The second-order valence-corrected chi connectivity index (χ2v) is 5.94. The van der Waals surface area contributed by atoms with Crippen LogP contribution in [0.5, 0.6) is 5.75 Å². The number of urea groups is 1. The Morgan fingerprint density at radius 2 is 2.14 bits per heavy atom. The number of benzene rings is 1. The molecule has 2 amide bonds. The molecule has 1 saturated heterocycles. The van der Waals surface area contributed by atoms with Crippen molar-refractivity contribution < 1.29 is 9.53 Å². The zero-order chi connectivity index (χ0) is 16.1. The van der Waals surface area contributed by atoms with E-state index in [4.69, 9.17) is 4.74 Å². The fourth-order valence-electron chi connectivity index (χ4n) is 2.74. The van der Waals surface area contributed by atoms with E-state index in [0.717, 1.165) is 30.8 Å².